The summed E-state index contributed by atoms with van der Waals surface area (Å²) in [5, 5.41) is 2.67. The summed E-state index contributed by atoms with van der Waals surface area (Å²) >= 11 is 0. The van der Waals surface area contributed by atoms with Gasteiger partial charge in [0, 0.05) is 17.7 Å². The Bertz CT molecular complexity index is 1300. The second kappa shape index (κ2) is 8.08. The maximum atomic E-state index is 12.7. The smallest absolute Gasteiger partial charge is 0.269 e. The van der Waals surface area contributed by atoms with E-state index in [2.05, 4.69) is 10.3 Å². The molecular weight excluding hydrogens is 430 g/mol. The lowest BCUT2D eigenvalue weighted by molar-refractivity contribution is 0.0846. The second-order valence-electron chi connectivity index (χ2n) is 7.67. The van der Waals surface area contributed by atoms with Gasteiger partial charge in [-0.1, -0.05) is 17.7 Å². The first kappa shape index (κ1) is 21.5. The minimum absolute atomic E-state index is 0.0644. The molecule has 0 unspecified atom stereocenters. The highest BCUT2D eigenvalue weighted by Crippen LogP contribution is 2.32. The van der Waals surface area contributed by atoms with Crippen molar-refractivity contribution in [1.29, 1.82) is 0 Å². The molecule has 0 saturated heterocycles. The molecule has 0 atom stereocenters. The number of fused-ring (bicyclic) bond motifs is 1. The average molecular weight is 452 g/mol. The highest BCUT2D eigenvalue weighted by molar-refractivity contribution is 7.90. The molecule has 1 aromatic heterocycles. The lowest BCUT2D eigenvalue weighted by Gasteiger charge is -2.18. The van der Waals surface area contributed by atoms with Gasteiger partial charge >= 0.3 is 0 Å². The number of hydrogen-bond acceptors (Lipinski definition) is 6. The van der Waals surface area contributed by atoms with E-state index in [-0.39, 0.29) is 16.0 Å². The maximum Gasteiger partial charge on any atom is 0.269 e. The van der Waals surface area contributed by atoms with Crippen LogP contribution in [0, 0.1) is 6.92 Å². The number of hydrogen-bond donors (Lipinski definition) is 1. The van der Waals surface area contributed by atoms with Crippen LogP contribution in [0.25, 0.3) is 0 Å². The van der Waals surface area contributed by atoms with Crippen molar-refractivity contribution in [3.05, 3.63) is 77.5 Å². The van der Waals surface area contributed by atoms with E-state index in [4.69, 9.17) is 4.74 Å². The Balaban J connectivity index is 1.50. The third-order valence-electron chi connectivity index (χ3n) is 4.92. The Morgan fingerprint density at radius 2 is 1.78 bits per heavy atom. The number of sulfonamides is 1. The Morgan fingerprint density at radius 3 is 2.41 bits per heavy atom. The molecule has 8 nitrogen and oxygen atoms in total. The number of aromatic nitrogens is 1. The number of benzene rings is 2. The fraction of sp³-hybridized carbons (Fsp3) is 0.174. The molecule has 1 aliphatic heterocycles. The Kier molecular flexibility index (Phi) is 5.43. The number of amides is 2. The van der Waals surface area contributed by atoms with E-state index >= 15 is 0 Å². The third-order valence-corrected chi connectivity index (χ3v) is 6.92. The third kappa shape index (κ3) is 3.94. The van der Waals surface area contributed by atoms with Crippen molar-refractivity contribution in [2.45, 2.75) is 31.7 Å². The molecular formula is C23H21N3O5S. The summed E-state index contributed by atoms with van der Waals surface area (Å²) < 4.78 is 31.9. The van der Waals surface area contributed by atoms with Crippen LogP contribution in [0.1, 0.15) is 40.1 Å². The van der Waals surface area contributed by atoms with Gasteiger partial charge in [0.15, 0.2) is 0 Å². The zero-order valence-corrected chi connectivity index (χ0v) is 18.5. The highest BCUT2D eigenvalue weighted by atomic mass is 32.2. The fourth-order valence-electron chi connectivity index (χ4n) is 3.34. The van der Waals surface area contributed by atoms with E-state index in [9.17, 15) is 18.0 Å². The van der Waals surface area contributed by atoms with E-state index in [0.717, 1.165) is 9.87 Å². The van der Waals surface area contributed by atoms with Gasteiger partial charge in [0.1, 0.15) is 10.6 Å². The monoisotopic (exact) mass is 451 g/mol. The van der Waals surface area contributed by atoms with Crippen LogP contribution < -0.4 is 10.1 Å². The van der Waals surface area contributed by atoms with Crippen LogP contribution in [0.5, 0.6) is 11.6 Å². The number of nitrogens with zero attached hydrogens (tertiary/aromatic N) is 2. The number of carbonyl (C=O) groups is 2. The minimum Gasteiger partial charge on any atom is -0.439 e. The van der Waals surface area contributed by atoms with E-state index in [0.29, 0.717) is 17.3 Å². The molecule has 32 heavy (non-hydrogen) atoms. The summed E-state index contributed by atoms with van der Waals surface area (Å²) in [7, 11) is -3.99. The molecule has 164 valence electrons. The number of anilines is 1. The standard InChI is InChI=1S/C23H21N3O5S/c1-14(2)26-23(28)19-10-6-16(12-20(19)32(26,29)30)22(27)25-17-7-11-21(24-13-17)31-18-8-4-15(3)5-9-18/h4-14H,1-3H3,(H,25,27). The predicted octanol–water partition coefficient (Wildman–Crippen LogP) is 3.99. The van der Waals surface area contributed by atoms with Crippen LogP contribution in [0.3, 0.4) is 0 Å². The van der Waals surface area contributed by atoms with Gasteiger partial charge in [0.25, 0.3) is 21.8 Å². The molecule has 2 heterocycles. The molecule has 3 aromatic rings. The zero-order valence-electron chi connectivity index (χ0n) is 17.7. The Hall–Kier alpha value is -3.72. The van der Waals surface area contributed by atoms with Gasteiger partial charge < -0.3 is 10.1 Å². The molecule has 0 aliphatic carbocycles. The van der Waals surface area contributed by atoms with Gasteiger partial charge in [-0.3, -0.25) is 9.59 Å². The van der Waals surface area contributed by atoms with Crippen molar-refractivity contribution in [2.75, 3.05) is 5.32 Å². The maximum absolute atomic E-state index is 12.7. The molecule has 9 heteroatoms. The van der Waals surface area contributed by atoms with Crippen molar-refractivity contribution < 1.29 is 22.7 Å². The Morgan fingerprint density at radius 1 is 1.06 bits per heavy atom. The quantitative estimate of drug-likeness (QED) is 0.629. The van der Waals surface area contributed by atoms with Gasteiger partial charge in [-0.25, -0.2) is 17.7 Å². The summed E-state index contributed by atoms with van der Waals surface area (Å²) in [6.45, 7) is 5.22. The van der Waals surface area contributed by atoms with Crippen LogP contribution in [0.15, 0.2) is 65.7 Å². The molecule has 1 aliphatic rings. The van der Waals surface area contributed by atoms with Gasteiger partial charge in [0.2, 0.25) is 5.88 Å². The number of pyridine rings is 1. The SMILES string of the molecule is Cc1ccc(Oc2ccc(NC(=O)c3ccc4c(c3)S(=O)(=O)N(C(C)C)C4=O)cn2)cc1. The fourth-order valence-corrected chi connectivity index (χ4v) is 5.14. The first-order valence-corrected chi connectivity index (χ1v) is 11.4. The van der Waals surface area contributed by atoms with Crippen molar-refractivity contribution >= 4 is 27.5 Å². The first-order valence-electron chi connectivity index (χ1n) is 9.91. The average Bonchev–Trinajstić information content (AvgIpc) is 2.96. The van der Waals surface area contributed by atoms with Crippen molar-refractivity contribution in [3.8, 4) is 11.6 Å². The molecule has 2 aromatic carbocycles. The van der Waals surface area contributed by atoms with Crippen LogP contribution >= 0.6 is 0 Å². The van der Waals surface area contributed by atoms with Crippen molar-refractivity contribution in [2.24, 2.45) is 0 Å². The summed E-state index contributed by atoms with van der Waals surface area (Å²) in [5.74, 6) is -0.102. The lowest BCUT2D eigenvalue weighted by Crippen LogP contribution is -2.36. The van der Waals surface area contributed by atoms with E-state index < -0.39 is 27.9 Å². The van der Waals surface area contributed by atoms with E-state index in [1.807, 2.05) is 31.2 Å². The molecule has 1 N–H and O–H groups in total. The molecule has 2 amide bonds. The summed E-state index contributed by atoms with van der Waals surface area (Å²) in [6.07, 6.45) is 1.44. The normalized spacial score (nSPS) is 14.4. The van der Waals surface area contributed by atoms with Crippen LogP contribution in [0.2, 0.25) is 0 Å². The van der Waals surface area contributed by atoms with Crippen LogP contribution in [-0.2, 0) is 10.0 Å². The van der Waals surface area contributed by atoms with Gasteiger partial charge in [-0.15, -0.1) is 0 Å². The highest BCUT2D eigenvalue weighted by Gasteiger charge is 2.42. The number of ether oxygens (including phenoxy) is 1. The molecule has 0 spiro atoms. The van der Waals surface area contributed by atoms with Crippen LogP contribution in [0.4, 0.5) is 5.69 Å². The molecule has 0 fully saturated rings. The topological polar surface area (TPSA) is 106 Å². The number of nitrogens with one attached hydrogen (secondary N) is 1. The van der Waals surface area contributed by atoms with Crippen LogP contribution in [-0.4, -0.2) is 35.6 Å². The molecule has 0 radical (unpaired) electrons. The lowest BCUT2D eigenvalue weighted by atomic mass is 10.1. The van der Waals surface area contributed by atoms with E-state index in [1.54, 1.807) is 26.0 Å². The second-order valence-corrected chi connectivity index (χ2v) is 9.45. The summed E-state index contributed by atoms with van der Waals surface area (Å²) in [6, 6.07) is 14.2. The molecule has 4 rings (SSSR count). The Labute approximate surface area is 185 Å². The van der Waals surface area contributed by atoms with Gasteiger partial charge in [-0.2, -0.15) is 0 Å². The number of rotatable bonds is 5. The molecule has 0 saturated carbocycles. The largest absolute Gasteiger partial charge is 0.439 e. The molecule has 0 bridgehead atoms. The van der Waals surface area contributed by atoms with Crippen molar-refractivity contribution in [1.82, 2.24) is 9.29 Å². The van der Waals surface area contributed by atoms with E-state index in [1.165, 1.54) is 24.4 Å². The number of carbonyl (C=O) groups excluding carboxylic acids is 2. The van der Waals surface area contributed by atoms with Gasteiger partial charge in [-0.05, 0) is 57.2 Å². The summed E-state index contributed by atoms with van der Waals surface area (Å²) in [5.41, 5.74) is 1.71. The van der Waals surface area contributed by atoms with Crippen molar-refractivity contribution in [3.63, 3.8) is 0 Å². The minimum atomic E-state index is -3.99. The van der Waals surface area contributed by atoms with Gasteiger partial charge in [0.05, 0.1) is 17.4 Å². The first-order chi connectivity index (χ1) is 15.2. The summed E-state index contributed by atoms with van der Waals surface area (Å²) in [4.78, 5) is 29.1. The zero-order chi connectivity index (χ0) is 23.0. The number of aryl methyl sites for hydroxylation is 1. The predicted molar refractivity (Wildman–Crippen MR) is 118 cm³/mol.